The molecule has 0 saturated carbocycles. The summed E-state index contributed by atoms with van der Waals surface area (Å²) >= 11 is 5.28. The first-order chi connectivity index (χ1) is 13.7. The van der Waals surface area contributed by atoms with Gasteiger partial charge in [0.2, 0.25) is 0 Å². The molecule has 144 valence electrons. The fourth-order valence-corrected chi connectivity index (χ4v) is 3.02. The molecule has 0 fully saturated rings. The first kappa shape index (κ1) is 19.8. The van der Waals surface area contributed by atoms with Crippen molar-refractivity contribution in [2.24, 2.45) is 0 Å². The van der Waals surface area contributed by atoms with Crippen LogP contribution in [0.2, 0.25) is 0 Å². The van der Waals surface area contributed by atoms with Gasteiger partial charge in [-0.15, -0.1) is 0 Å². The smallest absolute Gasteiger partial charge is 0.258 e. The van der Waals surface area contributed by atoms with E-state index in [0.29, 0.717) is 5.56 Å². The van der Waals surface area contributed by atoms with E-state index in [1.165, 1.54) is 12.8 Å². The van der Waals surface area contributed by atoms with Crippen LogP contribution in [0.5, 0.6) is 5.75 Å². The summed E-state index contributed by atoms with van der Waals surface area (Å²) < 4.78 is 5.70. The van der Waals surface area contributed by atoms with Gasteiger partial charge in [0.1, 0.15) is 5.75 Å². The molecule has 1 amide bonds. The number of thiocarbonyl (C=S) groups is 1. The normalized spacial score (nSPS) is 10.5. The molecule has 2 N–H and O–H groups in total. The van der Waals surface area contributed by atoms with Gasteiger partial charge in [-0.05, 0) is 61.1 Å². The Morgan fingerprint density at radius 3 is 2.68 bits per heavy atom. The molecule has 28 heavy (non-hydrogen) atoms. The number of hydrogen-bond acceptors (Lipinski definition) is 4. The molecule has 3 rings (SSSR count). The van der Waals surface area contributed by atoms with Crippen LogP contribution in [-0.4, -0.2) is 22.6 Å². The van der Waals surface area contributed by atoms with Crippen LogP contribution in [0, 0.1) is 0 Å². The minimum atomic E-state index is -0.271. The van der Waals surface area contributed by atoms with Crippen LogP contribution < -0.4 is 15.4 Å². The van der Waals surface area contributed by atoms with Crippen molar-refractivity contribution in [3.8, 4) is 5.75 Å². The van der Waals surface area contributed by atoms with Crippen LogP contribution in [0.25, 0.3) is 10.9 Å². The second kappa shape index (κ2) is 9.80. The maximum Gasteiger partial charge on any atom is 0.258 e. The van der Waals surface area contributed by atoms with Gasteiger partial charge in [-0.25, -0.2) is 0 Å². The third-order valence-corrected chi connectivity index (χ3v) is 4.45. The van der Waals surface area contributed by atoms with Gasteiger partial charge < -0.3 is 10.1 Å². The Labute approximate surface area is 170 Å². The lowest BCUT2D eigenvalue weighted by Crippen LogP contribution is -2.34. The van der Waals surface area contributed by atoms with E-state index in [1.807, 2.05) is 42.5 Å². The molecular formula is C22H23N3O2S. The molecule has 5 nitrogen and oxygen atoms in total. The molecule has 0 atom stereocenters. The number of hydrogen-bond donors (Lipinski definition) is 2. The van der Waals surface area contributed by atoms with E-state index in [0.717, 1.165) is 35.4 Å². The van der Waals surface area contributed by atoms with Crippen LogP contribution in [0.3, 0.4) is 0 Å². The number of nitrogens with one attached hydrogen (secondary N) is 2. The molecule has 1 heterocycles. The van der Waals surface area contributed by atoms with E-state index in [-0.39, 0.29) is 11.0 Å². The standard InChI is InChI=1S/C22H23N3O2S/c1-2-3-4-15-27-17-12-10-16(11-13-17)24-22(28)25-21(26)19-7-5-9-20-18(19)8-6-14-23-20/h5-14H,2-4,15H2,1H3,(H2,24,25,26,28). The number of fused-ring (bicyclic) bond motifs is 1. The molecule has 0 aliphatic carbocycles. The highest BCUT2D eigenvalue weighted by molar-refractivity contribution is 7.80. The average molecular weight is 394 g/mol. The Morgan fingerprint density at radius 2 is 1.89 bits per heavy atom. The van der Waals surface area contributed by atoms with Gasteiger partial charge in [0.05, 0.1) is 12.1 Å². The van der Waals surface area contributed by atoms with Gasteiger partial charge in [-0.2, -0.15) is 0 Å². The van der Waals surface area contributed by atoms with Crippen molar-refractivity contribution in [3.05, 3.63) is 66.4 Å². The van der Waals surface area contributed by atoms with Gasteiger partial charge in [0, 0.05) is 22.8 Å². The SMILES string of the molecule is CCCCCOc1ccc(NC(=S)NC(=O)c2cccc3ncccc23)cc1. The summed E-state index contributed by atoms with van der Waals surface area (Å²) in [6.45, 7) is 2.88. The number of aromatic nitrogens is 1. The predicted molar refractivity (Wildman–Crippen MR) is 117 cm³/mol. The second-order valence-electron chi connectivity index (χ2n) is 6.36. The quantitative estimate of drug-likeness (QED) is 0.440. The van der Waals surface area contributed by atoms with Crippen molar-refractivity contribution in [1.29, 1.82) is 0 Å². The van der Waals surface area contributed by atoms with Gasteiger partial charge in [-0.3, -0.25) is 15.1 Å². The molecule has 3 aromatic rings. The van der Waals surface area contributed by atoms with E-state index in [2.05, 4.69) is 22.5 Å². The maximum atomic E-state index is 12.6. The van der Waals surface area contributed by atoms with Crippen molar-refractivity contribution in [2.45, 2.75) is 26.2 Å². The van der Waals surface area contributed by atoms with Crippen LogP contribution >= 0.6 is 12.2 Å². The van der Waals surface area contributed by atoms with E-state index >= 15 is 0 Å². The molecule has 0 saturated heterocycles. The highest BCUT2D eigenvalue weighted by Gasteiger charge is 2.11. The molecule has 0 bridgehead atoms. The van der Waals surface area contributed by atoms with Gasteiger partial charge in [0.25, 0.3) is 5.91 Å². The molecule has 6 heteroatoms. The third kappa shape index (κ3) is 5.27. The zero-order valence-corrected chi connectivity index (χ0v) is 16.6. The van der Waals surface area contributed by atoms with Crippen molar-refractivity contribution >= 4 is 39.8 Å². The van der Waals surface area contributed by atoms with Crippen molar-refractivity contribution in [1.82, 2.24) is 10.3 Å². The zero-order chi connectivity index (χ0) is 19.8. The van der Waals surface area contributed by atoms with E-state index < -0.39 is 0 Å². The first-order valence-corrected chi connectivity index (χ1v) is 9.77. The van der Waals surface area contributed by atoms with Gasteiger partial charge in [0.15, 0.2) is 5.11 Å². The van der Waals surface area contributed by atoms with E-state index in [9.17, 15) is 4.79 Å². The second-order valence-corrected chi connectivity index (χ2v) is 6.77. The average Bonchev–Trinajstić information content (AvgIpc) is 2.72. The zero-order valence-electron chi connectivity index (χ0n) is 15.8. The lowest BCUT2D eigenvalue weighted by molar-refractivity contribution is 0.0979. The molecule has 0 radical (unpaired) electrons. The van der Waals surface area contributed by atoms with Crippen LogP contribution in [-0.2, 0) is 0 Å². The largest absolute Gasteiger partial charge is 0.494 e. The van der Waals surface area contributed by atoms with Crippen molar-refractivity contribution in [3.63, 3.8) is 0 Å². The molecule has 0 unspecified atom stereocenters. The summed E-state index contributed by atoms with van der Waals surface area (Å²) in [5.74, 6) is 0.548. The third-order valence-electron chi connectivity index (χ3n) is 4.25. The fraction of sp³-hybridized carbons (Fsp3) is 0.227. The van der Waals surface area contributed by atoms with Crippen LogP contribution in [0.4, 0.5) is 5.69 Å². The number of rotatable bonds is 7. The molecular weight excluding hydrogens is 370 g/mol. The molecule has 2 aromatic carbocycles. The molecule has 1 aromatic heterocycles. The summed E-state index contributed by atoms with van der Waals surface area (Å²) in [5.41, 5.74) is 2.08. The minimum Gasteiger partial charge on any atom is -0.494 e. The predicted octanol–water partition coefficient (Wildman–Crippen LogP) is 4.93. The Bertz CT molecular complexity index is 952. The Balaban J connectivity index is 1.57. The monoisotopic (exact) mass is 393 g/mol. The first-order valence-electron chi connectivity index (χ1n) is 9.36. The van der Waals surface area contributed by atoms with Gasteiger partial charge in [-0.1, -0.05) is 31.9 Å². The number of nitrogens with zero attached hydrogens (tertiary/aromatic N) is 1. The number of benzene rings is 2. The highest BCUT2D eigenvalue weighted by Crippen LogP contribution is 2.18. The summed E-state index contributed by atoms with van der Waals surface area (Å²) in [6, 6.07) is 16.6. The van der Waals surface area contributed by atoms with Gasteiger partial charge >= 0.3 is 0 Å². The summed E-state index contributed by atoms with van der Waals surface area (Å²) in [7, 11) is 0. The molecule has 0 spiro atoms. The number of amides is 1. The topological polar surface area (TPSA) is 63.2 Å². The Kier molecular flexibility index (Phi) is 6.92. The summed E-state index contributed by atoms with van der Waals surface area (Å²) in [6.07, 6.45) is 5.09. The minimum absolute atomic E-state index is 0.238. The van der Waals surface area contributed by atoms with Crippen LogP contribution in [0.1, 0.15) is 36.5 Å². The number of carbonyl (C=O) groups is 1. The van der Waals surface area contributed by atoms with E-state index in [4.69, 9.17) is 17.0 Å². The molecule has 0 aliphatic heterocycles. The number of anilines is 1. The van der Waals surface area contributed by atoms with Crippen LogP contribution in [0.15, 0.2) is 60.8 Å². The summed E-state index contributed by atoms with van der Waals surface area (Å²) in [4.78, 5) is 16.9. The fourth-order valence-electron chi connectivity index (χ4n) is 2.81. The Morgan fingerprint density at radius 1 is 1.07 bits per heavy atom. The number of pyridine rings is 1. The van der Waals surface area contributed by atoms with Crippen molar-refractivity contribution in [2.75, 3.05) is 11.9 Å². The maximum absolute atomic E-state index is 12.6. The lowest BCUT2D eigenvalue weighted by atomic mass is 10.1. The number of ether oxygens (including phenoxy) is 1. The van der Waals surface area contributed by atoms with Crippen molar-refractivity contribution < 1.29 is 9.53 Å². The highest BCUT2D eigenvalue weighted by atomic mass is 32.1. The molecule has 0 aliphatic rings. The summed E-state index contributed by atoms with van der Waals surface area (Å²) in [5, 5.41) is 6.77. The number of unbranched alkanes of at least 4 members (excludes halogenated alkanes) is 2. The number of carbonyl (C=O) groups excluding carboxylic acids is 1. The lowest BCUT2D eigenvalue weighted by Gasteiger charge is -2.11. The Hall–Kier alpha value is -2.99. The van der Waals surface area contributed by atoms with E-state index in [1.54, 1.807) is 18.3 Å².